The topological polar surface area (TPSA) is 64.7 Å². The van der Waals surface area contributed by atoms with Gasteiger partial charge in [-0.3, -0.25) is 9.59 Å². The summed E-state index contributed by atoms with van der Waals surface area (Å²) in [5.74, 6) is 0.218. The second-order valence-corrected chi connectivity index (χ2v) is 7.57. The summed E-state index contributed by atoms with van der Waals surface area (Å²) in [6.45, 7) is 6.31. The Morgan fingerprint density at radius 3 is 2.68 bits per heavy atom. The Labute approximate surface area is 149 Å². The highest BCUT2D eigenvalue weighted by Crippen LogP contribution is 2.31. The van der Waals surface area contributed by atoms with Crippen LogP contribution in [0.1, 0.15) is 20.3 Å². The van der Waals surface area contributed by atoms with Gasteiger partial charge < -0.3 is 10.2 Å². The molecule has 3 atom stereocenters. The fourth-order valence-corrected chi connectivity index (χ4v) is 3.68. The Balaban J connectivity index is 1.73. The molecule has 0 aliphatic carbocycles. The van der Waals surface area contributed by atoms with Crippen LogP contribution in [0.3, 0.4) is 0 Å². The molecular formula is C19H28N4O2. The first-order valence-corrected chi connectivity index (χ1v) is 9.09. The molecule has 2 aliphatic heterocycles. The maximum absolute atomic E-state index is 12.9. The van der Waals surface area contributed by atoms with E-state index in [1.54, 1.807) is 5.01 Å². The van der Waals surface area contributed by atoms with Gasteiger partial charge in [-0.2, -0.15) is 0 Å². The van der Waals surface area contributed by atoms with Crippen LogP contribution >= 0.6 is 0 Å². The van der Waals surface area contributed by atoms with Crippen LogP contribution in [0, 0.1) is 17.8 Å². The molecule has 0 radical (unpaired) electrons. The predicted octanol–water partition coefficient (Wildman–Crippen LogP) is 1.25. The smallest absolute Gasteiger partial charge is 0.247 e. The molecule has 1 aromatic carbocycles. The van der Waals surface area contributed by atoms with E-state index in [1.165, 1.54) is 0 Å². The summed E-state index contributed by atoms with van der Waals surface area (Å²) in [6.07, 6.45) is 0.963. The molecule has 2 N–H and O–H groups in total. The van der Waals surface area contributed by atoms with Gasteiger partial charge in [0.25, 0.3) is 0 Å². The summed E-state index contributed by atoms with van der Waals surface area (Å²) >= 11 is 0. The lowest BCUT2D eigenvalue weighted by Crippen LogP contribution is -2.56. The molecule has 1 aromatic rings. The number of hydrogen-bond acceptors (Lipinski definition) is 4. The minimum absolute atomic E-state index is 0.0393. The van der Waals surface area contributed by atoms with Gasteiger partial charge in [-0.15, -0.1) is 0 Å². The molecule has 0 saturated carbocycles. The van der Waals surface area contributed by atoms with Crippen LogP contribution in [0.2, 0.25) is 0 Å². The molecule has 25 heavy (non-hydrogen) atoms. The average Bonchev–Trinajstić information content (AvgIpc) is 2.91. The fraction of sp³-hybridized carbons (Fsp3) is 0.579. The third kappa shape index (κ3) is 3.85. The van der Waals surface area contributed by atoms with Gasteiger partial charge in [0.2, 0.25) is 11.8 Å². The molecule has 0 spiro atoms. The number of hydrogen-bond donors (Lipinski definition) is 2. The number of fused-ring (bicyclic) bond motifs is 1. The summed E-state index contributed by atoms with van der Waals surface area (Å²) in [6, 6.07) is 9.41. The van der Waals surface area contributed by atoms with Crippen molar-refractivity contribution in [3.8, 4) is 0 Å². The molecule has 6 nitrogen and oxygen atoms in total. The molecule has 3 unspecified atom stereocenters. The van der Waals surface area contributed by atoms with Crippen molar-refractivity contribution >= 4 is 17.5 Å². The molecule has 2 aliphatic rings. The number of rotatable bonds is 5. The van der Waals surface area contributed by atoms with Gasteiger partial charge in [0.05, 0.1) is 23.6 Å². The third-order valence-corrected chi connectivity index (χ3v) is 5.07. The van der Waals surface area contributed by atoms with Crippen LogP contribution in [0.15, 0.2) is 30.3 Å². The van der Waals surface area contributed by atoms with Crippen molar-refractivity contribution in [1.82, 2.24) is 15.6 Å². The van der Waals surface area contributed by atoms with Gasteiger partial charge in [0.15, 0.2) is 0 Å². The van der Waals surface area contributed by atoms with Crippen molar-refractivity contribution in [2.45, 2.75) is 26.3 Å². The minimum Gasteiger partial charge on any atom is -0.356 e. The Morgan fingerprint density at radius 1 is 1.28 bits per heavy atom. The second kappa shape index (κ2) is 7.54. The molecule has 0 aromatic heterocycles. The predicted molar refractivity (Wildman–Crippen MR) is 97.8 cm³/mol. The Kier molecular flexibility index (Phi) is 5.39. The lowest BCUT2D eigenvalue weighted by atomic mass is 9.84. The van der Waals surface area contributed by atoms with Crippen molar-refractivity contribution in [1.29, 1.82) is 0 Å². The number of nitrogens with one attached hydrogen (secondary N) is 2. The highest BCUT2D eigenvalue weighted by molar-refractivity contribution is 5.98. The summed E-state index contributed by atoms with van der Waals surface area (Å²) < 4.78 is 0. The maximum atomic E-state index is 12.9. The van der Waals surface area contributed by atoms with E-state index in [4.69, 9.17) is 0 Å². The van der Waals surface area contributed by atoms with E-state index >= 15 is 0 Å². The molecule has 2 amide bonds. The second-order valence-electron chi connectivity index (χ2n) is 7.57. The quantitative estimate of drug-likeness (QED) is 0.844. The first-order valence-electron chi connectivity index (χ1n) is 9.09. The number of piperidine rings is 1. The molecule has 136 valence electrons. The number of carbonyl (C=O) groups excluding carboxylic acids is 2. The van der Waals surface area contributed by atoms with Crippen LogP contribution in [0.4, 0.5) is 5.69 Å². The SMILES string of the molecule is CC(C)CCNC(=O)C1CN(C)CC2C(=O)N(c3ccccc3)NC12. The van der Waals surface area contributed by atoms with E-state index < -0.39 is 0 Å². The molecule has 6 heteroatoms. The zero-order chi connectivity index (χ0) is 18.0. The van der Waals surface area contributed by atoms with Gasteiger partial charge >= 0.3 is 0 Å². The monoisotopic (exact) mass is 344 g/mol. The standard InChI is InChI=1S/C19H28N4O2/c1-13(2)9-10-20-18(24)15-11-22(3)12-16-17(15)21-23(19(16)25)14-7-5-4-6-8-14/h4-8,13,15-17,21H,9-12H2,1-3H3,(H,20,24). The summed E-state index contributed by atoms with van der Waals surface area (Å²) in [5, 5.41) is 4.66. The van der Waals surface area contributed by atoms with E-state index in [-0.39, 0.29) is 29.7 Å². The summed E-state index contributed by atoms with van der Waals surface area (Å²) in [4.78, 5) is 27.7. The first kappa shape index (κ1) is 17.9. The number of nitrogens with zero attached hydrogens (tertiary/aromatic N) is 2. The van der Waals surface area contributed by atoms with E-state index in [2.05, 4.69) is 29.5 Å². The average molecular weight is 344 g/mol. The van der Waals surface area contributed by atoms with Gasteiger partial charge in [-0.05, 0) is 31.5 Å². The van der Waals surface area contributed by atoms with Crippen LogP contribution in [0.25, 0.3) is 0 Å². The van der Waals surface area contributed by atoms with Crippen LogP contribution in [-0.4, -0.2) is 49.4 Å². The van der Waals surface area contributed by atoms with Gasteiger partial charge in [0.1, 0.15) is 0 Å². The molecule has 0 bridgehead atoms. The molecule has 2 fully saturated rings. The van der Waals surface area contributed by atoms with Gasteiger partial charge in [0, 0.05) is 19.6 Å². The van der Waals surface area contributed by atoms with Gasteiger partial charge in [-0.1, -0.05) is 32.0 Å². The van der Waals surface area contributed by atoms with Crippen molar-refractivity contribution in [3.05, 3.63) is 30.3 Å². The summed E-state index contributed by atoms with van der Waals surface area (Å²) in [5.41, 5.74) is 4.13. The van der Waals surface area contributed by atoms with E-state index in [9.17, 15) is 9.59 Å². The van der Waals surface area contributed by atoms with E-state index in [0.29, 0.717) is 25.6 Å². The van der Waals surface area contributed by atoms with Crippen molar-refractivity contribution in [3.63, 3.8) is 0 Å². The molecule has 3 rings (SSSR count). The van der Waals surface area contributed by atoms with Crippen molar-refractivity contribution in [2.75, 3.05) is 31.7 Å². The van der Waals surface area contributed by atoms with Crippen LogP contribution < -0.4 is 15.8 Å². The number of amides is 2. The van der Waals surface area contributed by atoms with E-state index in [0.717, 1.165) is 12.1 Å². The molecular weight excluding hydrogens is 316 g/mol. The largest absolute Gasteiger partial charge is 0.356 e. The maximum Gasteiger partial charge on any atom is 0.247 e. The van der Waals surface area contributed by atoms with Crippen LogP contribution in [-0.2, 0) is 9.59 Å². The minimum atomic E-state index is -0.228. The number of para-hydroxylation sites is 1. The highest BCUT2D eigenvalue weighted by atomic mass is 16.2. The lowest BCUT2D eigenvalue weighted by molar-refractivity contribution is -0.129. The Morgan fingerprint density at radius 2 is 2.00 bits per heavy atom. The van der Waals surface area contributed by atoms with Gasteiger partial charge in [-0.25, -0.2) is 10.4 Å². The zero-order valence-electron chi connectivity index (χ0n) is 15.2. The Hall–Kier alpha value is -1.92. The number of anilines is 1. The lowest BCUT2D eigenvalue weighted by Gasteiger charge is -2.36. The number of carbonyl (C=O) groups is 2. The zero-order valence-corrected chi connectivity index (χ0v) is 15.2. The Bertz CT molecular complexity index is 619. The number of hydrazine groups is 1. The number of likely N-dealkylation sites (tertiary alicyclic amines) is 1. The third-order valence-electron chi connectivity index (χ3n) is 5.07. The van der Waals surface area contributed by atoms with Crippen molar-refractivity contribution < 1.29 is 9.59 Å². The fourth-order valence-electron chi connectivity index (χ4n) is 3.68. The summed E-state index contributed by atoms with van der Waals surface area (Å²) in [7, 11) is 1.98. The van der Waals surface area contributed by atoms with Crippen LogP contribution in [0.5, 0.6) is 0 Å². The normalized spacial score (nSPS) is 26.8. The van der Waals surface area contributed by atoms with Crippen molar-refractivity contribution in [2.24, 2.45) is 17.8 Å². The highest BCUT2D eigenvalue weighted by Gasteiger charge is 2.50. The van der Waals surface area contributed by atoms with E-state index in [1.807, 2.05) is 37.4 Å². The molecule has 2 saturated heterocycles. The number of benzene rings is 1. The first-order chi connectivity index (χ1) is 12.0. The molecule has 2 heterocycles.